The lowest BCUT2D eigenvalue weighted by Gasteiger charge is -2.42. The maximum Gasteiger partial charge on any atom is 0.221 e. The van der Waals surface area contributed by atoms with E-state index < -0.39 is 6.10 Å². The first-order valence-electron chi connectivity index (χ1n) is 8.90. The van der Waals surface area contributed by atoms with Crippen LogP contribution in [-0.2, 0) is 10.3 Å². The fourth-order valence-corrected chi connectivity index (χ4v) is 4.06. The number of carbonyl (C=O) groups excluding carboxylic acids is 1. The standard InChI is InChI=1S/C19H29N3O2/c1-21-10-8-19(9-11-21,16-6-4-3-5-7-16)20-18(24)12-15-13-22(2)14-17(15)23/h3-7,15,17,23H,8-14H2,1-2H3,(H,20,24)/t15-,17-/m1/s1. The third kappa shape index (κ3) is 3.79. The number of aliphatic hydroxyl groups is 1. The summed E-state index contributed by atoms with van der Waals surface area (Å²) in [7, 11) is 4.12. The number of hydrogen-bond acceptors (Lipinski definition) is 4. The van der Waals surface area contributed by atoms with Gasteiger partial charge in [-0.25, -0.2) is 0 Å². The van der Waals surface area contributed by atoms with Crippen LogP contribution in [0.25, 0.3) is 0 Å². The fourth-order valence-electron chi connectivity index (χ4n) is 4.06. The molecule has 24 heavy (non-hydrogen) atoms. The van der Waals surface area contributed by atoms with Crippen LogP contribution in [0.4, 0.5) is 0 Å². The maximum atomic E-state index is 12.7. The second-order valence-corrected chi connectivity index (χ2v) is 7.55. The Morgan fingerprint density at radius 1 is 1.17 bits per heavy atom. The van der Waals surface area contributed by atoms with E-state index in [1.807, 2.05) is 25.2 Å². The predicted octanol–water partition coefficient (Wildman–Crippen LogP) is 1.04. The highest BCUT2D eigenvalue weighted by atomic mass is 16.3. The smallest absolute Gasteiger partial charge is 0.221 e. The van der Waals surface area contributed by atoms with Crippen LogP contribution in [-0.4, -0.2) is 67.2 Å². The first-order valence-corrected chi connectivity index (χ1v) is 8.90. The van der Waals surface area contributed by atoms with Crippen LogP contribution in [0.1, 0.15) is 24.8 Å². The summed E-state index contributed by atoms with van der Waals surface area (Å²) in [5.41, 5.74) is 0.913. The molecule has 1 amide bonds. The molecule has 0 unspecified atom stereocenters. The van der Waals surface area contributed by atoms with Crippen molar-refractivity contribution < 1.29 is 9.90 Å². The Kier molecular flexibility index (Phi) is 5.23. The number of likely N-dealkylation sites (tertiary alicyclic amines) is 2. The number of aliphatic hydroxyl groups excluding tert-OH is 1. The highest BCUT2D eigenvalue weighted by Gasteiger charge is 2.38. The summed E-state index contributed by atoms with van der Waals surface area (Å²) in [6, 6.07) is 10.3. The number of amides is 1. The number of likely N-dealkylation sites (N-methyl/N-ethyl adjacent to an activating group) is 1. The highest BCUT2D eigenvalue weighted by Crippen LogP contribution is 2.33. The molecule has 0 aliphatic carbocycles. The van der Waals surface area contributed by atoms with Gasteiger partial charge in [0.25, 0.3) is 0 Å². The molecule has 0 aromatic heterocycles. The van der Waals surface area contributed by atoms with Crippen LogP contribution >= 0.6 is 0 Å². The second kappa shape index (κ2) is 7.21. The first kappa shape index (κ1) is 17.4. The number of nitrogens with zero attached hydrogens (tertiary/aromatic N) is 2. The van der Waals surface area contributed by atoms with Crippen LogP contribution in [0.5, 0.6) is 0 Å². The molecule has 2 saturated heterocycles. The van der Waals surface area contributed by atoms with Crippen molar-refractivity contribution >= 4 is 5.91 Å². The van der Waals surface area contributed by atoms with Gasteiger partial charge in [0.1, 0.15) is 0 Å². The van der Waals surface area contributed by atoms with Gasteiger partial charge in [-0.15, -0.1) is 0 Å². The van der Waals surface area contributed by atoms with Gasteiger partial charge in [-0.3, -0.25) is 4.79 Å². The van der Waals surface area contributed by atoms with Crippen molar-refractivity contribution in [1.82, 2.24) is 15.1 Å². The number of piperidine rings is 1. The van der Waals surface area contributed by atoms with E-state index in [1.165, 1.54) is 5.56 Å². The van der Waals surface area contributed by atoms with Gasteiger partial charge in [0.05, 0.1) is 11.6 Å². The molecular formula is C19H29N3O2. The van der Waals surface area contributed by atoms with Gasteiger partial charge in [-0.2, -0.15) is 0 Å². The van der Waals surface area contributed by atoms with E-state index >= 15 is 0 Å². The molecule has 1 aromatic carbocycles. The van der Waals surface area contributed by atoms with Gasteiger partial charge in [-0.05, 0) is 32.5 Å². The topological polar surface area (TPSA) is 55.8 Å². The molecule has 1 aromatic rings. The third-order valence-electron chi connectivity index (χ3n) is 5.58. The van der Waals surface area contributed by atoms with Crippen molar-refractivity contribution in [1.29, 1.82) is 0 Å². The summed E-state index contributed by atoms with van der Waals surface area (Å²) in [6.45, 7) is 3.40. The van der Waals surface area contributed by atoms with Crippen LogP contribution in [0, 0.1) is 5.92 Å². The molecule has 5 nitrogen and oxygen atoms in total. The minimum atomic E-state index is -0.397. The van der Waals surface area contributed by atoms with Crippen LogP contribution in [0.2, 0.25) is 0 Å². The van der Waals surface area contributed by atoms with Crippen LogP contribution in [0.15, 0.2) is 30.3 Å². The van der Waals surface area contributed by atoms with Crippen LogP contribution in [0.3, 0.4) is 0 Å². The molecule has 2 aliphatic rings. The number of benzene rings is 1. The van der Waals surface area contributed by atoms with E-state index in [9.17, 15) is 9.90 Å². The predicted molar refractivity (Wildman–Crippen MR) is 94.6 cm³/mol. The minimum absolute atomic E-state index is 0.0362. The molecular weight excluding hydrogens is 302 g/mol. The molecule has 2 atom stereocenters. The van der Waals surface area contributed by atoms with Gasteiger partial charge in [-0.1, -0.05) is 30.3 Å². The molecule has 0 radical (unpaired) electrons. The summed E-state index contributed by atoms with van der Waals surface area (Å²) in [5.74, 6) is 0.0943. The first-order chi connectivity index (χ1) is 11.5. The van der Waals surface area contributed by atoms with Gasteiger partial charge in [0, 0.05) is 38.5 Å². The van der Waals surface area contributed by atoms with Gasteiger partial charge >= 0.3 is 0 Å². The van der Waals surface area contributed by atoms with Crippen molar-refractivity contribution in [2.24, 2.45) is 5.92 Å². The molecule has 0 spiro atoms. The summed E-state index contributed by atoms with van der Waals surface area (Å²) >= 11 is 0. The SMILES string of the molecule is CN1CCC(NC(=O)C[C@@H]2CN(C)C[C@H]2O)(c2ccccc2)CC1. The van der Waals surface area contributed by atoms with Gasteiger partial charge in [0.15, 0.2) is 0 Å². The Hall–Kier alpha value is -1.43. The summed E-state index contributed by atoms with van der Waals surface area (Å²) in [5, 5.41) is 13.4. The number of rotatable bonds is 4. The van der Waals surface area contributed by atoms with E-state index in [4.69, 9.17) is 0 Å². The third-order valence-corrected chi connectivity index (χ3v) is 5.58. The molecule has 2 fully saturated rings. The number of carbonyl (C=O) groups is 1. The molecule has 3 rings (SSSR count). The molecule has 2 N–H and O–H groups in total. The maximum absolute atomic E-state index is 12.7. The monoisotopic (exact) mass is 331 g/mol. The molecule has 0 bridgehead atoms. The Balaban J connectivity index is 1.71. The van der Waals surface area contributed by atoms with Crippen LogP contribution < -0.4 is 5.32 Å². The van der Waals surface area contributed by atoms with Crippen molar-refractivity contribution in [3.63, 3.8) is 0 Å². The molecule has 2 heterocycles. The summed E-state index contributed by atoms with van der Waals surface area (Å²) in [4.78, 5) is 17.1. The van der Waals surface area contributed by atoms with Gasteiger partial charge < -0.3 is 20.2 Å². The normalized spacial score (nSPS) is 28.0. The van der Waals surface area contributed by atoms with E-state index in [0.29, 0.717) is 13.0 Å². The fraction of sp³-hybridized carbons (Fsp3) is 0.632. The lowest BCUT2D eigenvalue weighted by atomic mass is 9.80. The largest absolute Gasteiger partial charge is 0.391 e. The van der Waals surface area contributed by atoms with E-state index in [1.54, 1.807) is 0 Å². The molecule has 132 valence electrons. The minimum Gasteiger partial charge on any atom is -0.391 e. The Morgan fingerprint density at radius 3 is 2.42 bits per heavy atom. The summed E-state index contributed by atoms with van der Waals surface area (Å²) in [6.07, 6.45) is 1.85. The van der Waals surface area contributed by atoms with Gasteiger partial charge in [0.2, 0.25) is 5.91 Å². The molecule has 5 heteroatoms. The van der Waals surface area contributed by atoms with E-state index in [-0.39, 0.29) is 17.4 Å². The average Bonchev–Trinajstić information content (AvgIpc) is 2.88. The zero-order chi connectivity index (χ0) is 17.2. The zero-order valence-corrected chi connectivity index (χ0v) is 14.7. The lowest BCUT2D eigenvalue weighted by Crippen LogP contribution is -2.52. The number of hydrogen-bond donors (Lipinski definition) is 2. The molecule has 0 saturated carbocycles. The van der Waals surface area contributed by atoms with Crippen molar-refractivity contribution in [2.75, 3.05) is 40.3 Å². The van der Waals surface area contributed by atoms with Crippen molar-refractivity contribution in [2.45, 2.75) is 30.9 Å². The summed E-state index contributed by atoms with van der Waals surface area (Å²) < 4.78 is 0. The number of β-amino-alcohol motifs (C(OH)–C–C–N with tert-alkyl or cyclic N) is 1. The Morgan fingerprint density at radius 2 is 1.83 bits per heavy atom. The van der Waals surface area contributed by atoms with Crippen molar-refractivity contribution in [3.8, 4) is 0 Å². The zero-order valence-electron chi connectivity index (χ0n) is 14.7. The average molecular weight is 331 g/mol. The highest BCUT2D eigenvalue weighted by molar-refractivity contribution is 5.77. The second-order valence-electron chi connectivity index (χ2n) is 7.55. The Labute approximate surface area is 144 Å². The van der Waals surface area contributed by atoms with E-state index in [2.05, 4.69) is 34.3 Å². The Bertz CT molecular complexity index is 555. The van der Waals surface area contributed by atoms with E-state index in [0.717, 1.165) is 32.5 Å². The number of nitrogens with one attached hydrogen (secondary N) is 1. The lowest BCUT2D eigenvalue weighted by molar-refractivity contribution is -0.125. The quantitative estimate of drug-likeness (QED) is 0.865. The molecule has 2 aliphatic heterocycles. The van der Waals surface area contributed by atoms with Crippen molar-refractivity contribution in [3.05, 3.63) is 35.9 Å².